The molecule has 3 rings (SSSR count). The highest BCUT2D eigenvalue weighted by Crippen LogP contribution is 2.17. The highest BCUT2D eigenvalue weighted by atomic mass is 32.2. The van der Waals surface area contributed by atoms with Crippen molar-refractivity contribution in [2.75, 3.05) is 24.7 Å². The van der Waals surface area contributed by atoms with Crippen LogP contribution in [0.1, 0.15) is 30.4 Å². The number of benzene rings is 2. The molecular weight excluding hydrogens is 529 g/mol. The van der Waals surface area contributed by atoms with E-state index in [1.165, 1.54) is 12.1 Å². The van der Waals surface area contributed by atoms with E-state index in [9.17, 15) is 18.0 Å². The van der Waals surface area contributed by atoms with E-state index in [2.05, 4.69) is 17.4 Å². The third kappa shape index (κ3) is 9.12. The number of carbonyl (C=O) groups is 2. The van der Waals surface area contributed by atoms with Crippen molar-refractivity contribution in [2.45, 2.75) is 54.3 Å². The second kappa shape index (κ2) is 14.3. The highest BCUT2D eigenvalue weighted by Gasteiger charge is 2.24. The van der Waals surface area contributed by atoms with Crippen LogP contribution in [0.25, 0.3) is 0 Å². The average Bonchev–Trinajstić information content (AvgIpc) is 3.43. The number of nitrogens with one attached hydrogen (secondary N) is 1. The number of nitrogens with two attached hydrogens (primary N) is 2. The van der Waals surface area contributed by atoms with Crippen molar-refractivity contribution in [2.24, 2.45) is 11.5 Å². The molecule has 3 unspecified atom stereocenters. The van der Waals surface area contributed by atoms with E-state index in [0.29, 0.717) is 37.1 Å². The second-order valence-electron chi connectivity index (χ2n) is 9.23. The van der Waals surface area contributed by atoms with Gasteiger partial charge in [0, 0.05) is 31.3 Å². The molecule has 5 N–H and O–H groups in total. The molecule has 0 aromatic heterocycles. The molecule has 11 heteroatoms. The third-order valence-electron chi connectivity index (χ3n) is 6.25. The van der Waals surface area contributed by atoms with Crippen molar-refractivity contribution in [3.63, 3.8) is 0 Å². The summed E-state index contributed by atoms with van der Waals surface area (Å²) >= 11 is 6.15. The Bertz CT molecular complexity index is 1140. The molecule has 0 spiro atoms. The summed E-state index contributed by atoms with van der Waals surface area (Å²) < 4.78 is 28.1. The smallest absolute Gasteiger partial charge is 0.240 e. The van der Waals surface area contributed by atoms with Gasteiger partial charge in [-0.1, -0.05) is 48.9 Å². The normalized spacial score (nSPS) is 16.4. The first-order chi connectivity index (χ1) is 17.7. The zero-order valence-electron chi connectivity index (χ0n) is 20.8. The Kier molecular flexibility index (Phi) is 11.5. The molecule has 202 valence electrons. The Morgan fingerprint density at radius 3 is 2.49 bits per heavy atom. The van der Waals surface area contributed by atoms with Crippen LogP contribution < -0.4 is 16.2 Å². The molecule has 8 nitrogen and oxygen atoms in total. The van der Waals surface area contributed by atoms with Crippen molar-refractivity contribution in [1.82, 2.24) is 9.62 Å². The van der Waals surface area contributed by atoms with Crippen LogP contribution in [0.4, 0.5) is 0 Å². The molecule has 1 fully saturated rings. The molecule has 1 aliphatic heterocycles. The predicted octanol–water partition coefficient (Wildman–Crippen LogP) is 1.98. The first kappa shape index (κ1) is 29.7. The highest BCUT2D eigenvalue weighted by molar-refractivity contribution is 7.99. The molecule has 37 heavy (non-hydrogen) atoms. The monoisotopic (exact) mass is 564 g/mol. The van der Waals surface area contributed by atoms with E-state index < -0.39 is 27.4 Å². The minimum absolute atomic E-state index is 0.0404. The van der Waals surface area contributed by atoms with Gasteiger partial charge in [-0.15, -0.1) is 11.8 Å². The molecule has 0 saturated carbocycles. The van der Waals surface area contributed by atoms with Crippen LogP contribution in [-0.4, -0.2) is 67.1 Å². The summed E-state index contributed by atoms with van der Waals surface area (Å²) in [5, 5.41) is -0.666. The molecule has 0 aliphatic carbocycles. The van der Waals surface area contributed by atoms with Crippen LogP contribution in [0.5, 0.6) is 0 Å². The summed E-state index contributed by atoms with van der Waals surface area (Å²) in [5.41, 5.74) is 13.8. The Hall–Kier alpha value is -1.89. The molecule has 3 atom stereocenters. The van der Waals surface area contributed by atoms with Gasteiger partial charge >= 0.3 is 0 Å². The maximum atomic E-state index is 12.8. The maximum Gasteiger partial charge on any atom is 0.240 e. The molecule has 1 aliphatic rings. The zero-order valence-corrected chi connectivity index (χ0v) is 23.3. The van der Waals surface area contributed by atoms with Gasteiger partial charge in [0.1, 0.15) is 0 Å². The van der Waals surface area contributed by atoms with Crippen LogP contribution in [0.3, 0.4) is 0 Å². The van der Waals surface area contributed by atoms with Gasteiger partial charge in [0.2, 0.25) is 15.9 Å². The Morgan fingerprint density at radius 2 is 1.78 bits per heavy atom. The number of carbonyl (C=O) groups excluding carboxylic acids is 2. The zero-order chi connectivity index (χ0) is 26.8. The summed E-state index contributed by atoms with van der Waals surface area (Å²) in [6, 6.07) is 15.0. The topological polar surface area (TPSA) is 136 Å². The standard InChI is InChI=1S/C26H36N4O4S3/c27-22(26(32)30-13-14-36-18-30)11-4-5-12-29-37(33,34)21-10-6-9-20(15-21)17-24(31)25(35)23(28)16-19-7-2-1-3-8-19/h1-3,6-10,15,22-23,25,29,35H,4-5,11-14,16-18,27-28H2. The molecule has 1 amide bonds. The number of sulfonamides is 1. The molecular formula is C26H36N4O4S3. The largest absolute Gasteiger partial charge is 0.331 e. The minimum Gasteiger partial charge on any atom is -0.331 e. The fourth-order valence-corrected chi connectivity index (χ4v) is 6.39. The van der Waals surface area contributed by atoms with Crippen molar-refractivity contribution in [3.05, 3.63) is 65.7 Å². The first-order valence-corrected chi connectivity index (χ1v) is 15.5. The fourth-order valence-electron chi connectivity index (χ4n) is 4.09. The van der Waals surface area contributed by atoms with Gasteiger partial charge in [0.25, 0.3) is 0 Å². The van der Waals surface area contributed by atoms with Crippen LogP contribution in [-0.2, 0) is 32.5 Å². The number of hydrogen-bond donors (Lipinski definition) is 4. The summed E-state index contributed by atoms with van der Waals surface area (Å²) in [7, 11) is -3.74. The molecule has 2 aromatic rings. The van der Waals surface area contributed by atoms with Gasteiger partial charge < -0.3 is 16.4 Å². The van der Waals surface area contributed by atoms with Gasteiger partial charge in [0.05, 0.1) is 22.1 Å². The Labute approximate surface area is 229 Å². The average molecular weight is 565 g/mol. The van der Waals surface area contributed by atoms with Gasteiger partial charge in [-0.2, -0.15) is 12.6 Å². The molecule has 0 bridgehead atoms. The third-order valence-corrected chi connectivity index (χ3v) is 9.35. The van der Waals surface area contributed by atoms with Crippen LogP contribution in [0.2, 0.25) is 0 Å². The van der Waals surface area contributed by atoms with Crippen molar-refractivity contribution in [3.8, 4) is 0 Å². The lowest BCUT2D eigenvalue weighted by Crippen LogP contribution is -2.42. The Morgan fingerprint density at radius 1 is 1.05 bits per heavy atom. The number of nitrogens with zero attached hydrogens (tertiary/aromatic N) is 1. The van der Waals surface area contributed by atoms with Gasteiger partial charge in [-0.25, -0.2) is 13.1 Å². The molecule has 1 saturated heterocycles. The summed E-state index contributed by atoms with van der Waals surface area (Å²) in [4.78, 5) is 26.9. The van der Waals surface area contributed by atoms with Gasteiger partial charge in [-0.3, -0.25) is 9.59 Å². The molecule has 0 radical (unpaired) electrons. The number of thiol groups is 1. The van der Waals surface area contributed by atoms with Crippen molar-refractivity contribution < 1.29 is 18.0 Å². The van der Waals surface area contributed by atoms with Crippen LogP contribution in [0.15, 0.2) is 59.5 Å². The number of Topliss-reactive ketones (excluding diaryl/α,β-unsaturated/α-hetero) is 1. The molecule has 1 heterocycles. The quantitative estimate of drug-likeness (QED) is 0.204. The number of hydrogen-bond acceptors (Lipinski definition) is 8. The number of ketones is 1. The Balaban J connectivity index is 1.45. The SMILES string of the molecule is NC(CCCCNS(=O)(=O)c1cccc(CC(=O)C(S)C(N)Cc2ccccc2)c1)C(=O)N1CCSC1. The van der Waals surface area contributed by atoms with Crippen LogP contribution >= 0.6 is 24.4 Å². The minimum atomic E-state index is -3.74. The van der Waals surface area contributed by atoms with Crippen LogP contribution in [0, 0.1) is 0 Å². The molecule has 2 aromatic carbocycles. The van der Waals surface area contributed by atoms with E-state index in [0.717, 1.165) is 17.9 Å². The lowest BCUT2D eigenvalue weighted by Gasteiger charge is -2.19. The number of thioether (sulfide) groups is 1. The lowest BCUT2D eigenvalue weighted by atomic mass is 9.98. The summed E-state index contributed by atoms with van der Waals surface area (Å²) in [6.07, 6.45) is 2.28. The summed E-state index contributed by atoms with van der Waals surface area (Å²) in [6.45, 7) is 0.968. The van der Waals surface area contributed by atoms with Gasteiger partial charge in [0.15, 0.2) is 5.78 Å². The van der Waals surface area contributed by atoms with Crippen molar-refractivity contribution >= 4 is 46.1 Å². The first-order valence-electron chi connectivity index (χ1n) is 12.4. The number of unbranched alkanes of at least 4 members (excludes halogenated alkanes) is 1. The second-order valence-corrected chi connectivity index (χ2v) is 12.6. The predicted molar refractivity (Wildman–Crippen MR) is 152 cm³/mol. The van der Waals surface area contributed by atoms with Crippen molar-refractivity contribution in [1.29, 1.82) is 0 Å². The van der Waals surface area contributed by atoms with Gasteiger partial charge in [-0.05, 0) is 42.5 Å². The van der Waals surface area contributed by atoms with E-state index in [1.807, 2.05) is 30.3 Å². The van der Waals surface area contributed by atoms with E-state index >= 15 is 0 Å². The van der Waals surface area contributed by atoms with E-state index in [4.69, 9.17) is 11.5 Å². The maximum absolute atomic E-state index is 12.8. The fraction of sp³-hybridized carbons (Fsp3) is 0.462. The van der Waals surface area contributed by atoms with E-state index in [1.54, 1.807) is 28.8 Å². The lowest BCUT2D eigenvalue weighted by molar-refractivity contribution is -0.131. The summed E-state index contributed by atoms with van der Waals surface area (Å²) in [5.74, 6) is 1.42. The number of rotatable bonds is 14. The van der Waals surface area contributed by atoms with E-state index in [-0.39, 0.29) is 29.6 Å². The number of amides is 1.